The fourth-order valence-corrected chi connectivity index (χ4v) is 7.95. The quantitative estimate of drug-likeness (QED) is 0.480. The van der Waals surface area contributed by atoms with Crippen LogP contribution in [0, 0.1) is 28.6 Å². The van der Waals surface area contributed by atoms with Crippen LogP contribution in [-0.2, 0) is 14.3 Å². The van der Waals surface area contributed by atoms with Gasteiger partial charge in [-0.15, -0.1) is 0 Å². The molecule has 0 saturated heterocycles. The first-order chi connectivity index (χ1) is 13.6. The van der Waals surface area contributed by atoms with Crippen molar-refractivity contribution in [2.75, 3.05) is 6.61 Å². The Balaban J connectivity index is 1.48. The van der Waals surface area contributed by atoms with Gasteiger partial charge in [-0.25, -0.2) is 4.79 Å². The van der Waals surface area contributed by atoms with Crippen molar-refractivity contribution in [3.05, 3.63) is 11.6 Å². The van der Waals surface area contributed by atoms with Gasteiger partial charge < -0.3 is 24.9 Å². The number of aliphatic hydroxyl groups is 3. The number of carbonyl (C=O) groups is 2. The predicted molar refractivity (Wildman–Crippen MR) is 104 cm³/mol. The molecule has 160 valence electrons. The Kier molecular flexibility index (Phi) is 4.18. The number of rotatable bonds is 2. The number of aliphatic hydroxyl groups excluding tert-OH is 1. The van der Waals surface area contributed by atoms with Crippen molar-refractivity contribution in [1.82, 2.24) is 0 Å². The zero-order valence-electron chi connectivity index (χ0n) is 17.1. The van der Waals surface area contributed by atoms with Crippen LogP contribution >= 0.6 is 0 Å². The van der Waals surface area contributed by atoms with Crippen molar-refractivity contribution in [2.24, 2.45) is 28.6 Å². The van der Waals surface area contributed by atoms with Crippen molar-refractivity contribution in [2.45, 2.75) is 82.0 Å². The van der Waals surface area contributed by atoms with E-state index in [1.54, 1.807) is 6.08 Å². The highest BCUT2D eigenvalue weighted by atomic mass is 16.5. The minimum Gasteiger partial charge on any atom is -0.458 e. The molecule has 1 aliphatic heterocycles. The highest BCUT2D eigenvalue weighted by molar-refractivity contribution is 5.85. The highest BCUT2D eigenvalue weighted by Crippen LogP contribution is 2.68. The monoisotopic (exact) mass is 404 g/mol. The lowest BCUT2D eigenvalue weighted by atomic mass is 9.43. The second-order valence-electron chi connectivity index (χ2n) is 10.9. The third-order valence-corrected chi connectivity index (χ3v) is 9.58. The second-order valence-corrected chi connectivity index (χ2v) is 10.9. The summed E-state index contributed by atoms with van der Waals surface area (Å²) in [5.74, 6) is 0.0379. The molecule has 0 bridgehead atoms. The van der Waals surface area contributed by atoms with E-state index in [1.807, 2.05) is 0 Å². The number of aldehydes is 1. The van der Waals surface area contributed by atoms with E-state index in [0.717, 1.165) is 24.7 Å². The first kappa shape index (κ1) is 19.7. The predicted octanol–water partition coefficient (Wildman–Crippen LogP) is 1.90. The van der Waals surface area contributed by atoms with Crippen molar-refractivity contribution >= 4 is 12.3 Å². The summed E-state index contributed by atoms with van der Waals surface area (Å²) in [6.07, 6.45) is 7.36. The van der Waals surface area contributed by atoms with Gasteiger partial charge in [-0.3, -0.25) is 0 Å². The van der Waals surface area contributed by atoms with E-state index >= 15 is 0 Å². The molecule has 0 unspecified atom stereocenters. The van der Waals surface area contributed by atoms with E-state index in [1.165, 1.54) is 0 Å². The van der Waals surface area contributed by atoms with Crippen LogP contribution in [0.3, 0.4) is 0 Å². The van der Waals surface area contributed by atoms with Crippen LogP contribution in [0.25, 0.3) is 0 Å². The van der Waals surface area contributed by atoms with Gasteiger partial charge in [0.25, 0.3) is 0 Å². The molecule has 4 aliphatic carbocycles. The minimum absolute atomic E-state index is 0.0192. The van der Waals surface area contributed by atoms with E-state index in [4.69, 9.17) is 4.74 Å². The number of ether oxygens (including phenoxy) is 1. The van der Waals surface area contributed by atoms with Crippen molar-refractivity contribution < 1.29 is 29.6 Å². The Morgan fingerprint density at radius 1 is 1.07 bits per heavy atom. The van der Waals surface area contributed by atoms with E-state index < -0.39 is 22.7 Å². The van der Waals surface area contributed by atoms with Crippen molar-refractivity contribution in [3.8, 4) is 0 Å². The zero-order valence-corrected chi connectivity index (χ0v) is 17.1. The Hall–Kier alpha value is -1.24. The van der Waals surface area contributed by atoms with Crippen LogP contribution < -0.4 is 0 Å². The van der Waals surface area contributed by atoms with Gasteiger partial charge in [0.2, 0.25) is 0 Å². The summed E-state index contributed by atoms with van der Waals surface area (Å²) >= 11 is 0. The van der Waals surface area contributed by atoms with E-state index in [-0.39, 0.29) is 35.6 Å². The van der Waals surface area contributed by atoms with Gasteiger partial charge in [0.15, 0.2) is 0 Å². The number of carbonyl (C=O) groups excluding carboxylic acids is 2. The van der Waals surface area contributed by atoms with Crippen LogP contribution in [0.4, 0.5) is 0 Å². The second kappa shape index (κ2) is 6.14. The topological polar surface area (TPSA) is 104 Å². The highest BCUT2D eigenvalue weighted by Gasteiger charge is 2.68. The molecule has 5 aliphatic rings. The molecular formula is C23H32O6. The molecule has 0 amide bonds. The molecule has 0 spiro atoms. The van der Waals surface area contributed by atoms with Gasteiger partial charge in [0.1, 0.15) is 12.9 Å². The maximum atomic E-state index is 12.5. The molecule has 5 rings (SSSR count). The maximum Gasteiger partial charge on any atom is 0.331 e. The molecule has 0 aromatic carbocycles. The molecular weight excluding hydrogens is 372 g/mol. The lowest BCUT2D eigenvalue weighted by molar-refractivity contribution is -0.229. The number of hydrogen-bond donors (Lipinski definition) is 3. The molecule has 4 saturated carbocycles. The molecule has 6 nitrogen and oxygen atoms in total. The first-order valence-electron chi connectivity index (χ1n) is 11.1. The summed E-state index contributed by atoms with van der Waals surface area (Å²) < 4.78 is 5.10. The van der Waals surface area contributed by atoms with E-state index in [9.17, 15) is 24.9 Å². The molecule has 4 fully saturated rings. The number of fused-ring (bicyclic) bond motifs is 4. The number of esters is 1. The lowest BCUT2D eigenvalue weighted by Crippen LogP contribution is -2.66. The first-order valence-corrected chi connectivity index (χ1v) is 11.1. The van der Waals surface area contributed by atoms with Gasteiger partial charge in [-0.2, -0.15) is 0 Å². The van der Waals surface area contributed by atoms with Gasteiger partial charge in [0.05, 0.1) is 22.7 Å². The molecule has 1 heterocycles. The van der Waals surface area contributed by atoms with Crippen LogP contribution in [-0.4, -0.2) is 51.5 Å². The van der Waals surface area contributed by atoms with Crippen molar-refractivity contribution in [1.29, 1.82) is 0 Å². The average molecular weight is 405 g/mol. The smallest absolute Gasteiger partial charge is 0.331 e. The Labute approximate surface area is 171 Å². The molecule has 0 aromatic rings. The molecule has 0 radical (unpaired) electrons. The number of cyclic esters (lactones) is 1. The van der Waals surface area contributed by atoms with Gasteiger partial charge in [-0.05, 0) is 80.1 Å². The van der Waals surface area contributed by atoms with Crippen LogP contribution in [0.15, 0.2) is 11.6 Å². The molecule has 29 heavy (non-hydrogen) atoms. The summed E-state index contributed by atoms with van der Waals surface area (Å²) in [4.78, 5) is 24.0. The number of hydrogen-bond acceptors (Lipinski definition) is 6. The van der Waals surface area contributed by atoms with Crippen LogP contribution in [0.1, 0.15) is 64.7 Å². The Morgan fingerprint density at radius 2 is 1.86 bits per heavy atom. The zero-order chi connectivity index (χ0) is 20.7. The summed E-state index contributed by atoms with van der Waals surface area (Å²) in [7, 11) is 0. The summed E-state index contributed by atoms with van der Waals surface area (Å²) in [6, 6.07) is 0. The van der Waals surface area contributed by atoms with Crippen molar-refractivity contribution in [3.63, 3.8) is 0 Å². The summed E-state index contributed by atoms with van der Waals surface area (Å²) in [5, 5.41) is 33.4. The molecule has 6 heteroatoms. The summed E-state index contributed by atoms with van der Waals surface area (Å²) in [6.45, 7) is 2.43. The van der Waals surface area contributed by atoms with Crippen LogP contribution in [0.2, 0.25) is 0 Å². The lowest BCUT2D eigenvalue weighted by Gasteiger charge is -2.63. The van der Waals surface area contributed by atoms with E-state index in [2.05, 4.69) is 6.92 Å². The Morgan fingerprint density at radius 3 is 2.55 bits per heavy atom. The normalized spacial score (nSPS) is 54.1. The third kappa shape index (κ3) is 2.58. The largest absolute Gasteiger partial charge is 0.458 e. The minimum atomic E-state index is -1.15. The average Bonchev–Trinajstić information content (AvgIpc) is 3.20. The van der Waals surface area contributed by atoms with Gasteiger partial charge in [-0.1, -0.05) is 6.92 Å². The SMILES string of the molecule is C[C@@]12C[C@H](C3=CC(=O)OC3)C[C@@]1(O)C[C@@H]1CC[C@@]3(O)C[C@H](O)CC[C@@]3(C=O)[C@H]1C2. The third-order valence-electron chi connectivity index (χ3n) is 9.58. The maximum absolute atomic E-state index is 12.5. The van der Waals surface area contributed by atoms with Gasteiger partial charge >= 0.3 is 5.97 Å². The standard InChI is InChI=1S/C23H32O6/c1-20-7-16(15-6-19(26)29-12-15)9-23(20,28)8-14-2-5-22(27)10-17(25)3-4-21(22,13-24)18(14)11-20/h6,13-14,16-18,25,27-28H,2-5,7-12H2,1H3/t14-,16-,17+,18-,20-,21+,22+,23-/m0/s1. The Bertz CT molecular complexity index is 777. The fourth-order valence-electron chi connectivity index (χ4n) is 7.95. The molecule has 3 N–H and O–H groups in total. The van der Waals surface area contributed by atoms with Crippen LogP contribution in [0.5, 0.6) is 0 Å². The van der Waals surface area contributed by atoms with E-state index in [0.29, 0.717) is 45.1 Å². The molecule has 8 atom stereocenters. The fraction of sp³-hybridized carbons (Fsp3) is 0.826. The van der Waals surface area contributed by atoms with Gasteiger partial charge in [0, 0.05) is 12.5 Å². The molecule has 0 aromatic heterocycles. The summed E-state index contributed by atoms with van der Waals surface area (Å²) in [5.41, 5.74) is -2.19.